The number of hydrogen-bond acceptors (Lipinski definition) is 0. The van der Waals surface area contributed by atoms with Crippen LogP contribution in [0.4, 0.5) is 0 Å². The maximum absolute atomic E-state index is 5.07. The van der Waals surface area contributed by atoms with Crippen LogP contribution in [-0.4, -0.2) is 5.88 Å². The van der Waals surface area contributed by atoms with E-state index in [0.717, 1.165) is 0 Å². The van der Waals surface area contributed by atoms with Crippen molar-refractivity contribution in [2.45, 2.75) is 0 Å². The van der Waals surface area contributed by atoms with Crippen molar-refractivity contribution < 1.29 is 22.4 Å². The first-order valence-corrected chi connectivity index (χ1v) is 1.62. The molecule has 0 nitrogen and oxygen atoms in total. The Morgan fingerprint density at radius 3 is 2.00 bits per heavy atom. The molecule has 0 fully saturated rings. The molecular weight excluding hydrogens is 252 g/mol. The van der Waals surface area contributed by atoms with E-state index < -0.39 is 0 Å². The third-order valence-corrected chi connectivity index (χ3v) is 0.327. The van der Waals surface area contributed by atoms with Gasteiger partial charge in [0.2, 0.25) is 0 Å². The molecule has 0 saturated carbocycles. The van der Waals surface area contributed by atoms with Gasteiger partial charge in [0, 0.05) is 28.3 Å². The molecular formula is C3H5ClTa. The maximum Gasteiger partial charge on any atom is 0.0401 e. The zero-order valence-electron chi connectivity index (χ0n) is 2.82. The van der Waals surface area contributed by atoms with Gasteiger partial charge in [0.15, 0.2) is 0 Å². The third kappa shape index (κ3) is 11.7. The van der Waals surface area contributed by atoms with Gasteiger partial charge in [0.05, 0.1) is 0 Å². The summed E-state index contributed by atoms with van der Waals surface area (Å²) in [6, 6.07) is 0. The van der Waals surface area contributed by atoms with Crippen LogP contribution in [0, 0.1) is 0 Å². The van der Waals surface area contributed by atoms with Crippen molar-refractivity contribution in [1.82, 2.24) is 0 Å². The first kappa shape index (κ1) is 9.24. The molecule has 0 aliphatic carbocycles. The van der Waals surface area contributed by atoms with Gasteiger partial charge in [-0.15, -0.1) is 18.2 Å². The molecule has 0 saturated heterocycles. The van der Waals surface area contributed by atoms with Gasteiger partial charge in [0.1, 0.15) is 0 Å². The van der Waals surface area contributed by atoms with Crippen LogP contribution < -0.4 is 0 Å². The Hall–Kier alpha value is 0.770. The summed E-state index contributed by atoms with van der Waals surface area (Å²) >= 11 is 5.07. The minimum atomic E-state index is 0. The van der Waals surface area contributed by atoms with Crippen LogP contribution in [0.25, 0.3) is 0 Å². The molecule has 0 unspecified atom stereocenters. The van der Waals surface area contributed by atoms with Gasteiger partial charge in [-0.2, -0.15) is 0 Å². The summed E-state index contributed by atoms with van der Waals surface area (Å²) < 4.78 is 0. The van der Waals surface area contributed by atoms with E-state index in [0.29, 0.717) is 5.88 Å². The summed E-state index contributed by atoms with van der Waals surface area (Å²) in [6.45, 7) is 3.35. The van der Waals surface area contributed by atoms with Crippen LogP contribution in [0.15, 0.2) is 12.7 Å². The van der Waals surface area contributed by atoms with E-state index in [1.54, 1.807) is 6.08 Å². The quantitative estimate of drug-likeness (QED) is 0.492. The zero-order valence-corrected chi connectivity index (χ0v) is 6.79. The van der Waals surface area contributed by atoms with Crippen molar-refractivity contribution >= 4 is 11.6 Å². The molecule has 0 heterocycles. The van der Waals surface area contributed by atoms with Crippen molar-refractivity contribution in [2.24, 2.45) is 0 Å². The fraction of sp³-hybridized carbons (Fsp3) is 0.333. The van der Waals surface area contributed by atoms with E-state index in [-0.39, 0.29) is 22.4 Å². The van der Waals surface area contributed by atoms with Gasteiger partial charge in [-0.05, 0) is 0 Å². The van der Waals surface area contributed by atoms with E-state index in [1.165, 1.54) is 0 Å². The second-order valence-electron chi connectivity index (χ2n) is 0.443. The normalized spacial score (nSPS) is 5.00. The number of allylic oxidation sites excluding steroid dienone is 1. The van der Waals surface area contributed by atoms with Gasteiger partial charge in [-0.25, -0.2) is 0 Å². The molecule has 0 amide bonds. The van der Waals surface area contributed by atoms with Crippen molar-refractivity contribution in [3.05, 3.63) is 12.7 Å². The standard InChI is InChI=1S/C3H5Cl.Ta/c1-2-3-4;/h2H,1,3H2;. The predicted octanol–water partition coefficient (Wildman–Crippen LogP) is 1.41. The number of alkyl halides is 1. The van der Waals surface area contributed by atoms with Crippen molar-refractivity contribution in [2.75, 3.05) is 5.88 Å². The van der Waals surface area contributed by atoms with Crippen molar-refractivity contribution in [1.29, 1.82) is 0 Å². The Morgan fingerprint density at radius 2 is 2.00 bits per heavy atom. The monoisotopic (exact) mass is 257 g/mol. The molecule has 0 atom stereocenters. The van der Waals surface area contributed by atoms with Gasteiger partial charge in [-0.1, -0.05) is 6.08 Å². The Labute approximate surface area is 52.7 Å². The second-order valence-corrected chi connectivity index (χ2v) is 0.752. The fourth-order valence-electron chi connectivity index (χ4n) is 0. The summed E-state index contributed by atoms with van der Waals surface area (Å²) in [6.07, 6.45) is 1.64. The molecule has 0 bridgehead atoms. The Kier molecular flexibility index (Phi) is 16.3. The van der Waals surface area contributed by atoms with E-state index in [1.807, 2.05) is 0 Å². The number of rotatable bonds is 1. The summed E-state index contributed by atoms with van der Waals surface area (Å²) in [7, 11) is 0. The first-order chi connectivity index (χ1) is 1.91. The molecule has 5 heavy (non-hydrogen) atoms. The van der Waals surface area contributed by atoms with Crippen molar-refractivity contribution in [3.8, 4) is 0 Å². The molecule has 0 rings (SSSR count). The van der Waals surface area contributed by atoms with Crippen LogP contribution >= 0.6 is 11.6 Å². The van der Waals surface area contributed by atoms with E-state index in [4.69, 9.17) is 11.6 Å². The molecule has 29 valence electrons. The molecule has 1 radical (unpaired) electrons. The summed E-state index contributed by atoms with van der Waals surface area (Å²) in [5.41, 5.74) is 0. The average molecular weight is 257 g/mol. The zero-order chi connectivity index (χ0) is 3.41. The van der Waals surface area contributed by atoms with Crippen LogP contribution in [-0.2, 0) is 22.4 Å². The molecule has 2 heteroatoms. The summed E-state index contributed by atoms with van der Waals surface area (Å²) in [4.78, 5) is 0. The van der Waals surface area contributed by atoms with Gasteiger partial charge in [-0.3, -0.25) is 0 Å². The summed E-state index contributed by atoms with van der Waals surface area (Å²) in [5, 5.41) is 0. The van der Waals surface area contributed by atoms with E-state index in [9.17, 15) is 0 Å². The maximum atomic E-state index is 5.07. The number of hydrogen-bond donors (Lipinski definition) is 0. The van der Waals surface area contributed by atoms with Crippen LogP contribution in [0.2, 0.25) is 0 Å². The summed E-state index contributed by atoms with van der Waals surface area (Å²) in [5.74, 6) is 0.556. The molecule has 0 aromatic carbocycles. The smallest absolute Gasteiger partial charge is 0.0401 e. The van der Waals surface area contributed by atoms with Gasteiger partial charge in [0.25, 0.3) is 0 Å². The molecule has 0 aliphatic heterocycles. The topological polar surface area (TPSA) is 0 Å². The van der Waals surface area contributed by atoms with Crippen LogP contribution in [0.5, 0.6) is 0 Å². The fourth-order valence-corrected chi connectivity index (χ4v) is 0. The molecule has 0 N–H and O–H groups in total. The predicted molar refractivity (Wildman–Crippen MR) is 20.9 cm³/mol. The van der Waals surface area contributed by atoms with Crippen molar-refractivity contribution in [3.63, 3.8) is 0 Å². The third-order valence-electron chi connectivity index (χ3n) is 0.109. The Morgan fingerprint density at radius 1 is 1.80 bits per heavy atom. The molecule has 0 spiro atoms. The van der Waals surface area contributed by atoms with E-state index >= 15 is 0 Å². The SMILES string of the molecule is C=CCCl.[Ta]. The first-order valence-electron chi connectivity index (χ1n) is 1.08. The average Bonchev–Trinajstić information content (AvgIpc) is 1.37. The van der Waals surface area contributed by atoms with Crippen LogP contribution in [0.1, 0.15) is 0 Å². The Bertz CT molecular complexity index is 20.9. The minimum absolute atomic E-state index is 0. The minimum Gasteiger partial charge on any atom is -0.122 e. The van der Waals surface area contributed by atoms with Gasteiger partial charge >= 0.3 is 0 Å². The molecule has 0 aliphatic rings. The molecule has 0 aromatic rings. The van der Waals surface area contributed by atoms with Gasteiger partial charge < -0.3 is 0 Å². The van der Waals surface area contributed by atoms with Crippen LogP contribution in [0.3, 0.4) is 0 Å². The largest absolute Gasteiger partial charge is 0.122 e. The Balaban J connectivity index is 0. The number of halogens is 1. The molecule has 0 aromatic heterocycles. The second kappa shape index (κ2) is 8.84. The van der Waals surface area contributed by atoms with E-state index in [2.05, 4.69) is 6.58 Å².